The van der Waals surface area contributed by atoms with Gasteiger partial charge in [-0.25, -0.2) is 33.9 Å². The van der Waals surface area contributed by atoms with Crippen molar-refractivity contribution in [3.05, 3.63) is 41.7 Å². The van der Waals surface area contributed by atoms with Gasteiger partial charge < -0.3 is 38.5 Å². The minimum atomic E-state index is -3.83. The summed E-state index contributed by atoms with van der Waals surface area (Å²) >= 11 is 9.65. The molecule has 0 amide bonds. The molecule has 45 heavy (non-hydrogen) atoms. The van der Waals surface area contributed by atoms with Crippen LogP contribution in [0.5, 0.6) is 0 Å². The van der Waals surface area contributed by atoms with Gasteiger partial charge >= 0.3 is 13.5 Å². The molecule has 0 radical (unpaired) electrons. The van der Waals surface area contributed by atoms with E-state index in [-0.39, 0.29) is 61.0 Å². The molecule has 0 spiro atoms. The minimum Gasteiger partial charge on any atom is -0.382 e. The lowest BCUT2D eigenvalue weighted by Crippen LogP contribution is -2.43. The maximum absolute atomic E-state index is 13.3. The molecule has 1 saturated carbocycles. The van der Waals surface area contributed by atoms with Crippen molar-refractivity contribution >= 4 is 71.5 Å². The van der Waals surface area contributed by atoms with Crippen LogP contribution in [0.1, 0.15) is 25.1 Å². The fourth-order valence-corrected chi connectivity index (χ4v) is 8.89. The van der Waals surface area contributed by atoms with Crippen LogP contribution in [0.25, 0.3) is 28.1 Å². The first-order valence-electron chi connectivity index (χ1n) is 13.8. The van der Waals surface area contributed by atoms with Crippen LogP contribution in [0.15, 0.2) is 36.2 Å². The topological polar surface area (TPSA) is 221 Å². The molecular weight excluding hydrogens is 670 g/mol. The number of fused-ring (bicyclic) bond motifs is 6. The Balaban J connectivity index is 1.08. The highest BCUT2D eigenvalue weighted by Crippen LogP contribution is 2.58. The van der Waals surface area contributed by atoms with Crippen molar-refractivity contribution in [3.63, 3.8) is 0 Å². The van der Waals surface area contributed by atoms with Gasteiger partial charge in [-0.15, -0.1) is 0 Å². The summed E-state index contributed by atoms with van der Waals surface area (Å²) in [4.78, 5) is 48.4. The van der Waals surface area contributed by atoms with E-state index in [2.05, 4.69) is 42.2 Å². The predicted octanol–water partition coefficient (Wildman–Crippen LogP) is 1.96. The van der Waals surface area contributed by atoms with Crippen LogP contribution < -0.4 is 11.3 Å². The smallest absolute Gasteiger partial charge is 0.382 e. The van der Waals surface area contributed by atoms with Gasteiger partial charge in [0.25, 0.3) is 5.56 Å². The second-order valence-corrected chi connectivity index (χ2v) is 16.8. The third kappa shape index (κ3) is 5.22. The number of thiol groups is 1. The fraction of sp³-hybridized carbons (Fsp3) is 0.478. The van der Waals surface area contributed by atoms with Crippen molar-refractivity contribution in [2.24, 2.45) is 11.8 Å². The number of rotatable bonds is 2. The molecule has 18 nitrogen and oxygen atoms in total. The van der Waals surface area contributed by atoms with E-state index >= 15 is 0 Å². The Morgan fingerprint density at radius 1 is 1.04 bits per heavy atom. The van der Waals surface area contributed by atoms with Crippen molar-refractivity contribution in [2.45, 2.75) is 37.3 Å². The molecule has 5 aromatic heterocycles. The lowest BCUT2D eigenvalue weighted by molar-refractivity contribution is -0.0441. The lowest BCUT2D eigenvalue weighted by atomic mass is 9.70. The van der Waals surface area contributed by atoms with Gasteiger partial charge in [-0.05, 0) is 24.1 Å². The Labute approximate surface area is 263 Å². The van der Waals surface area contributed by atoms with Crippen molar-refractivity contribution < 1.29 is 32.3 Å². The Bertz CT molecular complexity index is 2100. The summed E-state index contributed by atoms with van der Waals surface area (Å²) < 4.78 is 47.6. The number of anilines is 1. The van der Waals surface area contributed by atoms with E-state index in [1.54, 1.807) is 10.9 Å². The number of H-pyrrole nitrogens is 1. The normalized spacial score (nSPS) is 34.5. The molecule has 3 fully saturated rings. The largest absolute Gasteiger partial charge is 0.386 e. The van der Waals surface area contributed by atoms with Crippen LogP contribution in [0.3, 0.4) is 0 Å². The molecule has 3 aliphatic rings. The minimum absolute atomic E-state index is 0.00226. The highest BCUT2D eigenvalue weighted by Gasteiger charge is 2.47. The molecule has 8 rings (SSSR count). The Kier molecular flexibility index (Phi) is 7.18. The van der Waals surface area contributed by atoms with Crippen LogP contribution in [0, 0.1) is 11.8 Å². The van der Waals surface area contributed by atoms with Crippen LogP contribution in [-0.4, -0.2) is 80.4 Å². The van der Waals surface area contributed by atoms with E-state index in [0.29, 0.717) is 29.0 Å². The number of nitrogen functional groups attached to an aromatic ring is 1. The lowest BCUT2D eigenvalue weighted by Gasteiger charge is -2.45. The van der Waals surface area contributed by atoms with Crippen molar-refractivity contribution in [1.29, 1.82) is 0 Å². The van der Waals surface area contributed by atoms with Gasteiger partial charge in [-0.3, -0.25) is 13.9 Å². The van der Waals surface area contributed by atoms with E-state index < -0.39 is 32.0 Å². The molecular formula is C23H26N10O8P2S2. The highest BCUT2D eigenvalue weighted by atomic mass is 32.7. The number of aromatic amines is 1. The number of aromatic nitrogens is 9. The van der Waals surface area contributed by atoms with Gasteiger partial charge in [0.05, 0.1) is 38.6 Å². The molecule has 2 unspecified atom stereocenters. The SMILES string of the molecule is Nc1ncnc2c1ncn2[C@@H]1C[C@@H]2COP(O)(=S)O[C@@H]3C[C@@H](COP(=O)(S)OC[C@H]21)O[C@H]3n1cnc2c(=O)n3ccnc3[nH]c21. The van der Waals surface area contributed by atoms with Crippen molar-refractivity contribution in [2.75, 3.05) is 25.6 Å². The number of hydrogen-bond donors (Lipinski definition) is 4. The van der Waals surface area contributed by atoms with E-state index in [9.17, 15) is 14.3 Å². The van der Waals surface area contributed by atoms with Gasteiger partial charge in [0.15, 0.2) is 23.2 Å². The number of nitrogens with zero attached hydrogens (tertiary/aromatic N) is 8. The molecule has 5 aromatic rings. The standard InChI is InChI=1S/C23H26N10O8P2S2/c24-18-16-19(27-8-26-18)32(9-28-16)14-3-11-5-37-43(36,45)41-15-4-12(6-38-42(35,44)39-7-13(11)14)40-22(15)33-10-29-17-20(33)30-23-25-1-2-31(23)21(17)34/h1-2,8-15,22H,3-7H2,(H,25,30)(H,35,44)(H,36,45)(H2,24,26,27)/t11-,12+,13-,14-,15-,22-,42?,43?/m1/s1. The van der Waals surface area contributed by atoms with Gasteiger partial charge in [0.2, 0.25) is 5.78 Å². The number of ether oxygens (including phenoxy) is 1. The Morgan fingerprint density at radius 3 is 2.71 bits per heavy atom. The number of hydrogen-bond acceptors (Lipinski definition) is 14. The third-order valence-corrected chi connectivity index (χ3v) is 11.7. The van der Waals surface area contributed by atoms with Crippen LogP contribution >= 0.6 is 25.8 Å². The van der Waals surface area contributed by atoms with Gasteiger partial charge in [0, 0.05) is 30.8 Å². The zero-order chi connectivity index (χ0) is 31.1. The van der Waals surface area contributed by atoms with E-state index in [1.165, 1.54) is 29.4 Å². The number of nitrogens with two attached hydrogens (primary N) is 1. The molecule has 238 valence electrons. The fourth-order valence-electron chi connectivity index (χ4n) is 6.21. The first-order valence-corrected chi connectivity index (χ1v) is 19.1. The van der Waals surface area contributed by atoms with E-state index in [1.807, 2.05) is 4.57 Å². The van der Waals surface area contributed by atoms with Crippen molar-refractivity contribution in [3.8, 4) is 0 Å². The predicted molar refractivity (Wildman–Crippen MR) is 164 cm³/mol. The van der Waals surface area contributed by atoms with Crippen LogP contribution in [-0.2, 0) is 39.2 Å². The summed E-state index contributed by atoms with van der Waals surface area (Å²) in [7, 11) is 0. The molecule has 8 atom stereocenters. The Hall–Kier alpha value is -2.77. The van der Waals surface area contributed by atoms with Crippen LogP contribution in [0.4, 0.5) is 5.82 Å². The average molecular weight is 697 g/mol. The number of imidazole rings is 3. The maximum Gasteiger partial charge on any atom is 0.386 e. The summed E-state index contributed by atoms with van der Waals surface area (Å²) in [6.45, 7) is -7.76. The van der Waals surface area contributed by atoms with Gasteiger partial charge in [-0.2, -0.15) is 0 Å². The molecule has 2 aliphatic heterocycles. The average Bonchev–Trinajstić information content (AvgIpc) is 3.77. The quantitative estimate of drug-likeness (QED) is 0.153. The summed E-state index contributed by atoms with van der Waals surface area (Å²) in [6, 6.07) is -0.168. The highest BCUT2D eigenvalue weighted by molar-refractivity contribution is 8.44. The number of nitrogens with one attached hydrogen (secondary N) is 1. The molecule has 7 heterocycles. The molecule has 2 bridgehead atoms. The first kappa shape index (κ1) is 29.6. The second-order valence-electron chi connectivity index (χ2n) is 11.1. The summed E-state index contributed by atoms with van der Waals surface area (Å²) in [5, 5.41) is 0. The summed E-state index contributed by atoms with van der Waals surface area (Å²) in [5.74, 6) is 0.144. The third-order valence-electron chi connectivity index (χ3n) is 8.47. The molecule has 1 aliphatic carbocycles. The zero-order valence-electron chi connectivity index (χ0n) is 23.1. The van der Waals surface area contributed by atoms with Crippen molar-refractivity contribution in [1.82, 2.24) is 43.4 Å². The summed E-state index contributed by atoms with van der Waals surface area (Å²) in [5.41, 5.74) is 7.09. The molecule has 0 aromatic carbocycles. The zero-order valence-corrected chi connectivity index (χ0v) is 26.6. The molecule has 22 heteroatoms. The molecule has 2 saturated heterocycles. The van der Waals surface area contributed by atoms with E-state index in [4.69, 9.17) is 40.4 Å². The van der Waals surface area contributed by atoms with E-state index in [0.717, 1.165) is 0 Å². The second kappa shape index (κ2) is 10.9. The first-order chi connectivity index (χ1) is 21.6. The van der Waals surface area contributed by atoms with Crippen LogP contribution in [0.2, 0.25) is 0 Å². The van der Waals surface area contributed by atoms with Gasteiger partial charge in [0.1, 0.15) is 23.6 Å². The van der Waals surface area contributed by atoms with Gasteiger partial charge in [-0.1, -0.05) is 12.2 Å². The maximum atomic E-state index is 13.3. The summed E-state index contributed by atoms with van der Waals surface area (Å²) in [6.07, 6.45) is 5.76. The monoisotopic (exact) mass is 696 g/mol. The Morgan fingerprint density at radius 2 is 1.84 bits per heavy atom. The molecule has 4 N–H and O–H groups in total.